The highest BCUT2D eigenvalue weighted by Gasteiger charge is 2.24. The van der Waals surface area contributed by atoms with Gasteiger partial charge in [0.05, 0.1) is 21.1 Å². The summed E-state index contributed by atoms with van der Waals surface area (Å²) in [5.74, 6) is 0.126. The average Bonchev–Trinajstić information content (AvgIpc) is 3.14. The number of nitrogens with one attached hydrogen (secondary N) is 1. The molecule has 0 radical (unpaired) electrons. The third-order valence-electron chi connectivity index (χ3n) is 3.94. The van der Waals surface area contributed by atoms with Crippen molar-refractivity contribution < 1.29 is 9.18 Å². The van der Waals surface area contributed by atoms with Gasteiger partial charge in [0.2, 0.25) is 0 Å². The van der Waals surface area contributed by atoms with Crippen molar-refractivity contribution in [3.05, 3.63) is 45.8 Å². The number of rotatable bonds is 4. The van der Waals surface area contributed by atoms with Gasteiger partial charge in [0, 0.05) is 18.1 Å². The van der Waals surface area contributed by atoms with Crippen molar-refractivity contribution in [3.63, 3.8) is 0 Å². The molecule has 0 bridgehead atoms. The number of amides is 1. The molecule has 2 heterocycles. The van der Waals surface area contributed by atoms with Crippen LogP contribution in [0.5, 0.6) is 0 Å². The van der Waals surface area contributed by atoms with Crippen LogP contribution in [0.1, 0.15) is 23.2 Å². The molecule has 0 unspecified atom stereocenters. The Morgan fingerprint density at radius 2 is 2.30 bits per heavy atom. The van der Waals surface area contributed by atoms with Crippen molar-refractivity contribution in [2.75, 3.05) is 5.32 Å². The van der Waals surface area contributed by atoms with Crippen LogP contribution in [0.3, 0.4) is 0 Å². The largest absolute Gasteiger partial charge is 0.346 e. The topological polar surface area (TPSA) is 46.9 Å². The average molecular weight is 394 g/mol. The Labute approximate surface area is 144 Å². The molecule has 0 saturated heterocycles. The summed E-state index contributed by atoms with van der Waals surface area (Å²) in [5.41, 5.74) is 1.31. The minimum atomic E-state index is -0.288. The maximum atomic E-state index is 13.6. The van der Waals surface area contributed by atoms with Crippen LogP contribution in [-0.2, 0) is 6.54 Å². The van der Waals surface area contributed by atoms with E-state index in [0.29, 0.717) is 16.6 Å². The minimum absolute atomic E-state index is 0.224. The number of hydrogen-bond acceptors (Lipinski definition) is 3. The smallest absolute Gasteiger partial charge is 0.259 e. The molecule has 4 nitrogen and oxygen atoms in total. The van der Waals surface area contributed by atoms with E-state index >= 15 is 0 Å². The third-order valence-corrected chi connectivity index (χ3v) is 5.33. The van der Waals surface area contributed by atoms with Crippen LogP contribution in [0.15, 0.2) is 34.4 Å². The third kappa shape index (κ3) is 3.03. The van der Waals surface area contributed by atoms with Gasteiger partial charge in [-0.05, 0) is 52.9 Å². The quantitative estimate of drug-likeness (QED) is 0.700. The van der Waals surface area contributed by atoms with E-state index in [0.717, 1.165) is 21.2 Å². The van der Waals surface area contributed by atoms with Gasteiger partial charge in [0.25, 0.3) is 5.91 Å². The number of aromatic nitrogens is 2. The van der Waals surface area contributed by atoms with Gasteiger partial charge < -0.3 is 4.57 Å². The Morgan fingerprint density at radius 3 is 3.00 bits per heavy atom. The van der Waals surface area contributed by atoms with Gasteiger partial charge in [-0.2, -0.15) is 0 Å². The summed E-state index contributed by atoms with van der Waals surface area (Å²) in [6.07, 6.45) is 5.86. The van der Waals surface area contributed by atoms with Gasteiger partial charge in [0.1, 0.15) is 5.82 Å². The first kappa shape index (κ1) is 14.8. The zero-order valence-electron chi connectivity index (χ0n) is 12.1. The van der Waals surface area contributed by atoms with Gasteiger partial charge in [0.15, 0.2) is 5.13 Å². The molecule has 0 spiro atoms. The molecule has 1 saturated carbocycles. The first-order valence-corrected chi connectivity index (χ1v) is 8.92. The molecule has 1 amide bonds. The highest BCUT2D eigenvalue weighted by atomic mass is 79.9. The molecule has 7 heteroatoms. The molecule has 1 aliphatic carbocycles. The Kier molecular flexibility index (Phi) is 3.69. The molecule has 118 valence electrons. The fraction of sp³-hybridized carbons (Fsp3) is 0.250. The highest BCUT2D eigenvalue weighted by molar-refractivity contribution is 9.11. The van der Waals surface area contributed by atoms with Gasteiger partial charge in [-0.15, -0.1) is 0 Å². The van der Waals surface area contributed by atoms with Gasteiger partial charge in [-0.1, -0.05) is 11.3 Å². The molecule has 1 N–H and O–H groups in total. The Bertz CT molecular complexity index is 900. The second kappa shape index (κ2) is 5.72. The molecule has 1 fully saturated rings. The van der Waals surface area contributed by atoms with Gasteiger partial charge in [-0.3, -0.25) is 10.1 Å². The summed E-state index contributed by atoms with van der Waals surface area (Å²) in [4.78, 5) is 16.7. The zero-order chi connectivity index (χ0) is 16.0. The van der Waals surface area contributed by atoms with Crippen molar-refractivity contribution in [2.24, 2.45) is 5.92 Å². The van der Waals surface area contributed by atoms with Crippen LogP contribution >= 0.6 is 27.3 Å². The summed E-state index contributed by atoms with van der Waals surface area (Å²) in [7, 11) is 0. The van der Waals surface area contributed by atoms with Crippen molar-refractivity contribution in [1.82, 2.24) is 9.55 Å². The monoisotopic (exact) mass is 393 g/mol. The lowest BCUT2D eigenvalue weighted by atomic mass is 10.1. The Hall–Kier alpha value is -1.73. The summed E-state index contributed by atoms with van der Waals surface area (Å²) >= 11 is 4.68. The second-order valence-electron chi connectivity index (χ2n) is 5.72. The Balaban J connectivity index is 1.71. The molecule has 1 aromatic carbocycles. The highest BCUT2D eigenvalue weighted by Crippen LogP contribution is 2.33. The SMILES string of the molecule is O=C(Nc1ncc(Br)s1)c1cn(CC2CC2)c2cc(F)ccc12. The fourth-order valence-corrected chi connectivity index (χ4v) is 3.75. The molecule has 3 aromatic rings. The van der Waals surface area contributed by atoms with Crippen molar-refractivity contribution in [1.29, 1.82) is 0 Å². The summed E-state index contributed by atoms with van der Waals surface area (Å²) < 4.78 is 16.4. The number of hydrogen-bond donors (Lipinski definition) is 1. The second-order valence-corrected chi connectivity index (χ2v) is 8.13. The molecule has 4 rings (SSSR count). The molecular formula is C16H13BrFN3OS. The van der Waals surface area contributed by atoms with Crippen LogP contribution in [-0.4, -0.2) is 15.5 Å². The minimum Gasteiger partial charge on any atom is -0.346 e. The molecular weight excluding hydrogens is 381 g/mol. The number of benzene rings is 1. The summed E-state index contributed by atoms with van der Waals surface area (Å²) in [5, 5.41) is 4.10. The summed E-state index contributed by atoms with van der Waals surface area (Å²) in [6, 6.07) is 4.55. The first-order valence-electron chi connectivity index (χ1n) is 7.31. The van der Waals surface area contributed by atoms with Crippen LogP contribution in [0.25, 0.3) is 10.9 Å². The molecule has 23 heavy (non-hydrogen) atoms. The standard InChI is InChI=1S/C16H13BrFN3OS/c17-14-6-19-16(23-14)20-15(22)12-8-21(7-9-1-2-9)13-5-10(18)3-4-11(12)13/h3-6,8-9H,1-2,7H2,(H,19,20,22). The van der Waals surface area contributed by atoms with Crippen molar-refractivity contribution >= 4 is 49.2 Å². The fourth-order valence-electron chi connectivity index (χ4n) is 2.65. The lowest BCUT2D eigenvalue weighted by Crippen LogP contribution is -2.11. The van der Waals surface area contributed by atoms with Crippen LogP contribution in [0.4, 0.5) is 9.52 Å². The lowest BCUT2D eigenvalue weighted by molar-refractivity contribution is 0.102. The van der Waals surface area contributed by atoms with Crippen molar-refractivity contribution in [3.8, 4) is 0 Å². The molecule has 0 atom stereocenters. The number of thiazole rings is 1. The predicted octanol–water partition coefficient (Wildman–Crippen LogP) is 4.66. The van der Waals surface area contributed by atoms with E-state index in [1.807, 2.05) is 10.8 Å². The number of halogens is 2. The first-order chi connectivity index (χ1) is 11.1. The maximum absolute atomic E-state index is 13.6. The van der Waals surface area contributed by atoms with Crippen molar-refractivity contribution in [2.45, 2.75) is 19.4 Å². The van der Waals surface area contributed by atoms with E-state index < -0.39 is 0 Å². The Morgan fingerprint density at radius 1 is 1.48 bits per heavy atom. The van der Waals surface area contributed by atoms with E-state index in [-0.39, 0.29) is 11.7 Å². The van der Waals surface area contributed by atoms with Crippen LogP contribution in [0, 0.1) is 11.7 Å². The zero-order valence-corrected chi connectivity index (χ0v) is 14.5. The number of carbonyl (C=O) groups excluding carboxylic acids is 1. The normalized spacial score (nSPS) is 14.3. The van der Waals surface area contributed by atoms with E-state index in [2.05, 4.69) is 26.2 Å². The summed E-state index contributed by atoms with van der Waals surface area (Å²) in [6.45, 7) is 0.829. The van der Waals surface area contributed by atoms with E-state index in [4.69, 9.17) is 0 Å². The molecule has 2 aromatic heterocycles. The number of fused-ring (bicyclic) bond motifs is 1. The van der Waals surface area contributed by atoms with E-state index in [1.54, 1.807) is 12.3 Å². The van der Waals surface area contributed by atoms with E-state index in [1.165, 1.54) is 36.3 Å². The molecule has 0 aliphatic heterocycles. The van der Waals surface area contributed by atoms with E-state index in [9.17, 15) is 9.18 Å². The van der Waals surface area contributed by atoms with Crippen LogP contribution < -0.4 is 5.32 Å². The molecule has 1 aliphatic rings. The number of carbonyl (C=O) groups is 1. The lowest BCUT2D eigenvalue weighted by Gasteiger charge is -2.02. The van der Waals surface area contributed by atoms with Gasteiger partial charge >= 0.3 is 0 Å². The predicted molar refractivity (Wildman–Crippen MR) is 92.4 cm³/mol. The van der Waals surface area contributed by atoms with Gasteiger partial charge in [-0.25, -0.2) is 9.37 Å². The maximum Gasteiger partial charge on any atom is 0.259 e. The number of anilines is 1. The van der Waals surface area contributed by atoms with Crippen LogP contribution in [0.2, 0.25) is 0 Å². The number of nitrogens with zero attached hydrogens (tertiary/aromatic N) is 2.